The Balaban J connectivity index is 2.00. The standard InChI is InChI=1S/C23H31ClN6O5/c1-23(2,3)35-22(33)29-12-10-28(11-13-29)21-27-19(26-14-17(31)34-5)18(20(32)25-4)30(21)16-9-7-6-8-15(16)24/h6-9,26H,10-14H2,1-5H3,(H,25,32). The number of anilines is 2. The van der Waals surface area contributed by atoms with E-state index in [-0.39, 0.29) is 24.1 Å². The van der Waals surface area contributed by atoms with Crippen LogP contribution in [0.2, 0.25) is 5.02 Å². The van der Waals surface area contributed by atoms with Crippen molar-refractivity contribution in [1.82, 2.24) is 19.8 Å². The Labute approximate surface area is 209 Å². The van der Waals surface area contributed by atoms with Gasteiger partial charge in [0.2, 0.25) is 5.95 Å². The maximum atomic E-state index is 13.0. The number of esters is 1. The van der Waals surface area contributed by atoms with E-state index in [2.05, 4.69) is 15.6 Å². The number of hydrogen-bond acceptors (Lipinski definition) is 8. The largest absolute Gasteiger partial charge is 0.468 e. The molecule has 12 heteroatoms. The quantitative estimate of drug-likeness (QED) is 0.574. The fourth-order valence-corrected chi connectivity index (χ4v) is 3.80. The smallest absolute Gasteiger partial charge is 0.410 e. The maximum absolute atomic E-state index is 13.0. The van der Waals surface area contributed by atoms with Crippen molar-refractivity contribution in [3.8, 4) is 5.69 Å². The Morgan fingerprint density at radius 1 is 1.11 bits per heavy atom. The summed E-state index contributed by atoms with van der Waals surface area (Å²) >= 11 is 6.51. The molecule has 0 unspecified atom stereocenters. The molecular formula is C23H31ClN6O5. The van der Waals surface area contributed by atoms with E-state index in [0.29, 0.717) is 42.8 Å². The Bertz CT molecular complexity index is 1090. The topological polar surface area (TPSA) is 118 Å². The predicted octanol–water partition coefficient (Wildman–Crippen LogP) is 2.53. The minimum Gasteiger partial charge on any atom is -0.468 e. The number of carbonyl (C=O) groups is 3. The molecule has 1 fully saturated rings. The number of piperazine rings is 1. The monoisotopic (exact) mass is 506 g/mol. The zero-order chi connectivity index (χ0) is 25.8. The van der Waals surface area contributed by atoms with Gasteiger partial charge in [-0.15, -0.1) is 0 Å². The molecule has 0 atom stereocenters. The van der Waals surface area contributed by atoms with E-state index in [1.807, 2.05) is 25.7 Å². The van der Waals surface area contributed by atoms with Gasteiger partial charge in [0.15, 0.2) is 11.5 Å². The van der Waals surface area contributed by atoms with Gasteiger partial charge in [-0.3, -0.25) is 14.2 Å². The number of ether oxygens (including phenoxy) is 2. The predicted molar refractivity (Wildman–Crippen MR) is 132 cm³/mol. The van der Waals surface area contributed by atoms with E-state index in [9.17, 15) is 14.4 Å². The lowest BCUT2D eigenvalue weighted by Crippen LogP contribution is -2.50. The van der Waals surface area contributed by atoms with Crippen LogP contribution in [0.1, 0.15) is 31.3 Å². The lowest BCUT2D eigenvalue weighted by Gasteiger charge is -2.36. The Morgan fingerprint density at radius 2 is 1.77 bits per heavy atom. The van der Waals surface area contributed by atoms with Gasteiger partial charge in [0.25, 0.3) is 5.91 Å². The van der Waals surface area contributed by atoms with Gasteiger partial charge in [0.1, 0.15) is 12.1 Å². The first-order chi connectivity index (χ1) is 16.6. The van der Waals surface area contributed by atoms with Crippen LogP contribution in [0, 0.1) is 0 Å². The molecule has 1 aromatic heterocycles. The Kier molecular flexibility index (Phi) is 8.11. The third kappa shape index (κ3) is 6.16. The highest BCUT2D eigenvalue weighted by Crippen LogP contribution is 2.32. The van der Waals surface area contributed by atoms with Gasteiger partial charge in [-0.05, 0) is 32.9 Å². The van der Waals surface area contributed by atoms with Crippen molar-refractivity contribution >= 4 is 41.3 Å². The fourth-order valence-electron chi connectivity index (χ4n) is 3.58. The zero-order valence-corrected chi connectivity index (χ0v) is 21.3. The molecule has 0 spiro atoms. The zero-order valence-electron chi connectivity index (χ0n) is 20.6. The summed E-state index contributed by atoms with van der Waals surface area (Å²) in [5.41, 5.74) is 0.155. The van der Waals surface area contributed by atoms with Crippen molar-refractivity contribution in [3.05, 3.63) is 35.0 Å². The van der Waals surface area contributed by atoms with Gasteiger partial charge in [0.05, 0.1) is 17.8 Å². The highest BCUT2D eigenvalue weighted by Gasteiger charge is 2.31. The maximum Gasteiger partial charge on any atom is 0.410 e. The second kappa shape index (κ2) is 10.9. The Morgan fingerprint density at radius 3 is 2.34 bits per heavy atom. The van der Waals surface area contributed by atoms with Crippen molar-refractivity contribution in [1.29, 1.82) is 0 Å². The SMILES string of the molecule is CNC(=O)c1c(NCC(=O)OC)nc(N2CCN(C(=O)OC(C)(C)C)CC2)n1-c1ccccc1Cl. The highest BCUT2D eigenvalue weighted by molar-refractivity contribution is 6.32. The van der Waals surface area contributed by atoms with Crippen molar-refractivity contribution in [3.63, 3.8) is 0 Å². The summed E-state index contributed by atoms with van der Waals surface area (Å²) < 4.78 is 11.8. The minimum atomic E-state index is -0.586. The Hall–Kier alpha value is -3.47. The molecule has 0 radical (unpaired) electrons. The summed E-state index contributed by atoms with van der Waals surface area (Å²) in [5.74, 6) is -0.261. The van der Waals surface area contributed by atoms with E-state index in [1.165, 1.54) is 14.2 Å². The molecule has 1 aliphatic rings. The summed E-state index contributed by atoms with van der Waals surface area (Å²) in [6.07, 6.45) is -0.377. The molecule has 1 saturated heterocycles. The number of para-hydroxylation sites is 1. The first-order valence-corrected chi connectivity index (χ1v) is 11.6. The average molecular weight is 507 g/mol. The lowest BCUT2D eigenvalue weighted by atomic mass is 10.2. The van der Waals surface area contributed by atoms with Crippen LogP contribution in [-0.2, 0) is 14.3 Å². The number of halogens is 1. The van der Waals surface area contributed by atoms with Crippen LogP contribution in [0.5, 0.6) is 0 Å². The molecule has 1 aliphatic heterocycles. The van der Waals surface area contributed by atoms with E-state index in [1.54, 1.807) is 33.7 Å². The summed E-state index contributed by atoms with van der Waals surface area (Å²) in [6.45, 7) is 7.01. The number of methoxy groups -OCH3 is 1. The first-order valence-electron chi connectivity index (χ1n) is 11.2. The second-order valence-corrected chi connectivity index (χ2v) is 9.27. The lowest BCUT2D eigenvalue weighted by molar-refractivity contribution is -0.138. The number of hydrogen-bond donors (Lipinski definition) is 2. The number of carbonyl (C=O) groups excluding carboxylic acids is 3. The number of nitrogens with zero attached hydrogens (tertiary/aromatic N) is 4. The van der Waals surface area contributed by atoms with Gasteiger partial charge in [-0.25, -0.2) is 4.79 Å². The molecule has 2 heterocycles. The number of nitrogens with one attached hydrogen (secondary N) is 2. The third-order valence-corrected chi connectivity index (χ3v) is 5.56. The second-order valence-electron chi connectivity index (χ2n) is 8.86. The molecule has 0 bridgehead atoms. The summed E-state index contributed by atoms with van der Waals surface area (Å²) in [6, 6.07) is 7.09. The fraction of sp³-hybridized carbons (Fsp3) is 0.478. The van der Waals surface area contributed by atoms with Gasteiger partial charge in [0, 0.05) is 33.2 Å². The summed E-state index contributed by atoms with van der Waals surface area (Å²) in [5, 5.41) is 5.94. The van der Waals surface area contributed by atoms with Crippen molar-refractivity contribution in [2.45, 2.75) is 26.4 Å². The first kappa shape index (κ1) is 26.1. The normalized spacial score (nSPS) is 13.9. The summed E-state index contributed by atoms with van der Waals surface area (Å²) in [4.78, 5) is 45.5. The van der Waals surface area contributed by atoms with Crippen molar-refractivity contribution in [2.24, 2.45) is 0 Å². The van der Waals surface area contributed by atoms with Gasteiger partial charge in [-0.2, -0.15) is 4.98 Å². The number of imidazole rings is 1. The van der Waals surface area contributed by atoms with Crippen LogP contribution < -0.4 is 15.5 Å². The van der Waals surface area contributed by atoms with Crippen LogP contribution in [0.3, 0.4) is 0 Å². The van der Waals surface area contributed by atoms with Crippen LogP contribution in [0.25, 0.3) is 5.69 Å². The van der Waals surface area contributed by atoms with Gasteiger partial charge < -0.3 is 29.9 Å². The molecule has 11 nitrogen and oxygen atoms in total. The van der Waals surface area contributed by atoms with Crippen molar-refractivity contribution in [2.75, 3.05) is 57.1 Å². The number of rotatable bonds is 6. The number of benzene rings is 1. The van der Waals surface area contributed by atoms with Crippen LogP contribution in [0.4, 0.5) is 16.6 Å². The number of aromatic nitrogens is 2. The minimum absolute atomic E-state index is 0.175. The van der Waals surface area contributed by atoms with Crippen LogP contribution in [-0.4, -0.2) is 84.9 Å². The van der Waals surface area contributed by atoms with Crippen LogP contribution >= 0.6 is 11.6 Å². The molecule has 3 rings (SSSR count). The van der Waals surface area contributed by atoms with Crippen LogP contribution in [0.15, 0.2) is 24.3 Å². The van der Waals surface area contributed by atoms with E-state index < -0.39 is 17.5 Å². The molecule has 190 valence electrons. The van der Waals surface area contributed by atoms with E-state index in [0.717, 1.165) is 0 Å². The molecule has 1 aromatic carbocycles. The van der Waals surface area contributed by atoms with Gasteiger partial charge in [-0.1, -0.05) is 23.7 Å². The molecule has 0 saturated carbocycles. The van der Waals surface area contributed by atoms with E-state index >= 15 is 0 Å². The highest BCUT2D eigenvalue weighted by atomic mass is 35.5. The molecule has 35 heavy (non-hydrogen) atoms. The molecular weight excluding hydrogens is 476 g/mol. The third-order valence-electron chi connectivity index (χ3n) is 5.24. The van der Waals surface area contributed by atoms with Crippen molar-refractivity contribution < 1.29 is 23.9 Å². The number of amides is 2. The van der Waals surface area contributed by atoms with Gasteiger partial charge >= 0.3 is 12.1 Å². The average Bonchev–Trinajstić information content (AvgIpc) is 3.20. The summed E-state index contributed by atoms with van der Waals surface area (Å²) in [7, 11) is 2.79. The van der Waals surface area contributed by atoms with E-state index in [4.69, 9.17) is 21.1 Å². The molecule has 2 N–H and O–H groups in total. The molecule has 2 aromatic rings. The molecule has 0 aliphatic carbocycles. The molecule has 2 amide bonds.